The lowest BCUT2D eigenvalue weighted by Crippen LogP contribution is -2.44. The Morgan fingerprint density at radius 3 is 1.10 bits per heavy atom. The first-order valence-electron chi connectivity index (χ1n) is 20.1. The van der Waals surface area contributed by atoms with Crippen LogP contribution in [0, 0.1) is 5.41 Å². The summed E-state index contributed by atoms with van der Waals surface area (Å²) < 4.78 is 145. The van der Waals surface area contributed by atoms with Gasteiger partial charge in [-0.3, -0.25) is 0 Å². The Labute approximate surface area is 353 Å². The molecule has 2 heterocycles. The number of nitrogens with zero attached hydrogens (tertiary/aromatic N) is 2. The van der Waals surface area contributed by atoms with Crippen molar-refractivity contribution in [3.8, 4) is 0 Å². The minimum absolute atomic E-state index is 0.0268. The van der Waals surface area contributed by atoms with E-state index in [4.69, 9.17) is 19.5 Å². The molecule has 16 heteroatoms. The van der Waals surface area contributed by atoms with Gasteiger partial charge in [0, 0.05) is 0 Å². The average Bonchev–Trinajstić information content (AvgIpc) is 3.95. The molecule has 2 atom stereocenters. The summed E-state index contributed by atoms with van der Waals surface area (Å²) >= 11 is 0. The van der Waals surface area contributed by atoms with E-state index in [0.717, 1.165) is 11.1 Å². The van der Waals surface area contributed by atoms with Crippen molar-refractivity contribution < 1.29 is 52.7 Å². The van der Waals surface area contributed by atoms with Gasteiger partial charge in [-0.1, -0.05) is 137 Å². The van der Waals surface area contributed by atoms with Crippen LogP contribution in [0.15, 0.2) is 119 Å². The first-order valence-corrected chi connectivity index (χ1v) is 23.0. The van der Waals surface area contributed by atoms with Crippen molar-refractivity contribution in [3.05, 3.63) is 143 Å². The summed E-state index contributed by atoms with van der Waals surface area (Å²) in [5.41, 5.74) is -9.60. The lowest BCUT2D eigenvalue weighted by atomic mass is 9.75. The highest BCUT2D eigenvalue weighted by molar-refractivity contribution is 7.93. The molecule has 0 radical (unpaired) electrons. The molecule has 328 valence electrons. The Morgan fingerprint density at radius 2 is 0.820 bits per heavy atom. The highest BCUT2D eigenvalue weighted by Gasteiger charge is 2.60. The molecular formula is C45H48F6N2O6S2. The van der Waals surface area contributed by atoms with Gasteiger partial charge in [-0.25, -0.2) is 26.8 Å². The van der Waals surface area contributed by atoms with Gasteiger partial charge in [0.1, 0.15) is 40.2 Å². The molecule has 0 fully saturated rings. The molecule has 0 bridgehead atoms. The Kier molecular flexibility index (Phi) is 12.9. The molecule has 0 unspecified atom stereocenters. The van der Waals surface area contributed by atoms with Crippen molar-refractivity contribution in [2.24, 2.45) is 15.4 Å². The van der Waals surface area contributed by atoms with Crippen LogP contribution in [-0.2, 0) is 51.5 Å². The second-order valence-electron chi connectivity index (χ2n) is 15.5. The van der Waals surface area contributed by atoms with Crippen LogP contribution >= 0.6 is 0 Å². The van der Waals surface area contributed by atoms with Gasteiger partial charge >= 0.3 is 11.0 Å². The lowest BCUT2D eigenvalue weighted by Gasteiger charge is -2.34. The van der Waals surface area contributed by atoms with Crippen LogP contribution in [0.3, 0.4) is 0 Å². The zero-order valence-electron chi connectivity index (χ0n) is 34.1. The maximum absolute atomic E-state index is 14.1. The van der Waals surface area contributed by atoms with Crippen LogP contribution in [-0.4, -0.2) is 52.9 Å². The van der Waals surface area contributed by atoms with Gasteiger partial charge in [0.2, 0.25) is 11.8 Å². The van der Waals surface area contributed by atoms with Crippen molar-refractivity contribution in [2.75, 3.05) is 13.2 Å². The maximum Gasteiger partial charge on any atom is 0.498 e. The average molecular weight is 891 g/mol. The molecule has 4 aromatic rings. The number of hydrogen-bond acceptors (Lipinski definition) is 8. The molecule has 2 aliphatic heterocycles. The predicted octanol–water partition coefficient (Wildman–Crippen LogP) is 10.7. The maximum atomic E-state index is 14.1. The zero-order chi connectivity index (χ0) is 44.5. The fourth-order valence-corrected chi connectivity index (χ4v) is 12.1. The largest absolute Gasteiger partial charge is 0.498 e. The normalized spacial score (nSPS) is 18.0. The van der Waals surface area contributed by atoms with Gasteiger partial charge in [-0.05, 0) is 71.9 Å². The number of rotatable bonds is 16. The number of benzene rings is 4. The summed E-state index contributed by atoms with van der Waals surface area (Å²) in [5, 5.41) is 0. The van der Waals surface area contributed by atoms with Crippen molar-refractivity contribution in [3.63, 3.8) is 0 Å². The van der Waals surface area contributed by atoms with Crippen LogP contribution in [0.25, 0.3) is 0 Å². The topological polar surface area (TPSA) is 111 Å². The second-order valence-corrected chi connectivity index (χ2v) is 20.0. The summed E-state index contributed by atoms with van der Waals surface area (Å²) in [5.74, 6) is 0.461. The van der Waals surface area contributed by atoms with E-state index in [0.29, 0.717) is 11.1 Å². The van der Waals surface area contributed by atoms with E-state index in [9.17, 15) is 43.2 Å². The van der Waals surface area contributed by atoms with Crippen LogP contribution < -0.4 is 0 Å². The molecular weight excluding hydrogens is 843 g/mol. The molecule has 0 saturated heterocycles. The monoisotopic (exact) mass is 890 g/mol. The summed E-state index contributed by atoms with van der Waals surface area (Å²) in [6, 6.07) is 29.7. The van der Waals surface area contributed by atoms with Crippen molar-refractivity contribution in [1.29, 1.82) is 0 Å². The van der Waals surface area contributed by atoms with Crippen LogP contribution in [0.2, 0.25) is 0 Å². The molecule has 0 saturated carbocycles. The molecule has 2 aliphatic rings. The molecule has 8 nitrogen and oxygen atoms in total. The van der Waals surface area contributed by atoms with Gasteiger partial charge in [0.25, 0.3) is 19.7 Å². The third kappa shape index (κ3) is 8.10. The number of sulfone groups is 2. The standard InChI is InChI=1S/C45H48F6N2O6S2/c1-5-42(6-2,60(54,55)44(46,47)48)35-23-19-31(20-24-35)27-41(39-52-37(29-58-39)33-15-11-9-12-16-33,40-53-38(30-59-40)34-17-13-10-14-18-34)28-32-21-25-36(26-22-32)43(7-3,8-4)61(56,57)45(49,50)51/h9-26,37-38H,5-8,27-30H2,1-4H3/t37-,38-/m1/s1. The van der Waals surface area contributed by atoms with E-state index in [2.05, 4.69) is 0 Å². The van der Waals surface area contributed by atoms with Gasteiger partial charge in [0.15, 0.2) is 0 Å². The number of ether oxygens (including phenoxy) is 2. The molecule has 0 spiro atoms. The summed E-state index contributed by atoms with van der Waals surface area (Å²) in [4.78, 5) is 10.2. The predicted molar refractivity (Wildman–Crippen MR) is 222 cm³/mol. The summed E-state index contributed by atoms with van der Waals surface area (Å²) in [6.07, 6.45) is -1.26. The van der Waals surface area contributed by atoms with E-state index in [1.54, 1.807) is 24.3 Å². The fraction of sp³-hybridized carbons (Fsp3) is 0.422. The molecule has 0 N–H and O–H groups in total. The Morgan fingerprint density at radius 1 is 0.508 bits per heavy atom. The van der Waals surface area contributed by atoms with Gasteiger partial charge in [0.05, 0.1) is 0 Å². The number of alkyl halides is 6. The minimum Gasteiger partial charge on any atom is -0.478 e. The van der Waals surface area contributed by atoms with Crippen molar-refractivity contribution >= 4 is 31.5 Å². The van der Waals surface area contributed by atoms with Crippen LogP contribution in [0.1, 0.15) is 98.8 Å². The smallest absolute Gasteiger partial charge is 0.478 e. The minimum atomic E-state index is -5.65. The lowest BCUT2D eigenvalue weighted by molar-refractivity contribution is -0.0469. The van der Waals surface area contributed by atoms with E-state index in [1.807, 2.05) is 60.7 Å². The highest BCUT2D eigenvalue weighted by Crippen LogP contribution is 2.48. The third-order valence-corrected chi connectivity index (χ3v) is 17.3. The quantitative estimate of drug-likeness (QED) is 0.104. The first-order chi connectivity index (χ1) is 28.8. The molecule has 0 amide bonds. The summed E-state index contributed by atoms with van der Waals surface area (Å²) in [6.45, 7) is 5.89. The number of halogens is 6. The van der Waals surface area contributed by atoms with Gasteiger partial charge in [-0.2, -0.15) is 26.3 Å². The van der Waals surface area contributed by atoms with E-state index < -0.39 is 57.7 Å². The third-order valence-electron chi connectivity index (χ3n) is 12.4. The highest BCUT2D eigenvalue weighted by atomic mass is 32.2. The van der Waals surface area contributed by atoms with Crippen molar-refractivity contribution in [2.45, 2.75) is 98.8 Å². The van der Waals surface area contributed by atoms with E-state index in [-0.39, 0.29) is 74.7 Å². The molecule has 4 aromatic carbocycles. The SMILES string of the molecule is CCC(CC)(c1ccc(CC(Cc2ccc(C(CC)(CC)S(=O)(=O)C(F)(F)F)cc2)(C2=N[C@@H](c3ccccc3)CO2)C2=N[C@@H](c3ccccc3)CO2)cc1)S(=O)(=O)C(F)(F)F. The number of hydrogen-bond donors (Lipinski definition) is 0. The molecule has 61 heavy (non-hydrogen) atoms. The molecule has 0 aliphatic carbocycles. The summed E-state index contributed by atoms with van der Waals surface area (Å²) in [7, 11) is -11.3. The Hall–Kier alpha value is -4.70. The molecule has 6 rings (SSSR count). The molecule has 0 aromatic heterocycles. The van der Waals surface area contributed by atoms with Crippen LogP contribution in [0.4, 0.5) is 26.3 Å². The fourth-order valence-electron chi connectivity index (χ4n) is 8.80. The van der Waals surface area contributed by atoms with Gasteiger partial charge in [-0.15, -0.1) is 0 Å². The van der Waals surface area contributed by atoms with E-state index >= 15 is 0 Å². The number of aliphatic imine (C=N–C) groups is 2. The first kappa shape index (κ1) is 45.8. The Bertz CT molecular complexity index is 2260. The van der Waals surface area contributed by atoms with E-state index in [1.165, 1.54) is 52.0 Å². The van der Waals surface area contributed by atoms with Crippen molar-refractivity contribution in [1.82, 2.24) is 0 Å². The second kappa shape index (κ2) is 17.2. The van der Waals surface area contributed by atoms with Gasteiger partial charge < -0.3 is 9.47 Å². The Balaban J connectivity index is 1.52. The van der Waals surface area contributed by atoms with Crippen LogP contribution in [0.5, 0.6) is 0 Å². The zero-order valence-corrected chi connectivity index (χ0v) is 35.8.